The molecule has 0 saturated heterocycles. The predicted octanol–water partition coefficient (Wildman–Crippen LogP) is 3.59. The molecule has 0 fully saturated rings. The average molecular weight is 245 g/mol. The standard InChI is InChI=1S/C9H7BrClN/c1-12-5-4-6-8(11)3-2-7(10)9(6)12/h2-5H,1H3. The lowest BCUT2D eigenvalue weighted by molar-refractivity contribution is 0.967. The second kappa shape index (κ2) is 2.79. The quantitative estimate of drug-likeness (QED) is 0.667. The molecule has 0 radical (unpaired) electrons. The molecule has 1 aromatic carbocycles. The molecular formula is C9H7BrClN. The minimum absolute atomic E-state index is 0.800. The van der Waals surface area contributed by atoms with E-state index in [9.17, 15) is 0 Å². The largest absolute Gasteiger partial charge is 0.350 e. The zero-order valence-corrected chi connectivity index (χ0v) is 8.85. The normalized spacial score (nSPS) is 10.9. The highest BCUT2D eigenvalue weighted by atomic mass is 79.9. The van der Waals surface area contributed by atoms with Crippen molar-refractivity contribution in [2.45, 2.75) is 0 Å². The average Bonchev–Trinajstić information content (AvgIpc) is 2.42. The van der Waals surface area contributed by atoms with Gasteiger partial charge in [-0.1, -0.05) is 11.6 Å². The fourth-order valence-corrected chi connectivity index (χ4v) is 2.18. The van der Waals surface area contributed by atoms with E-state index < -0.39 is 0 Å². The minimum Gasteiger partial charge on any atom is -0.350 e. The smallest absolute Gasteiger partial charge is 0.0637 e. The summed E-state index contributed by atoms with van der Waals surface area (Å²) in [6.07, 6.45) is 2.00. The molecule has 0 bridgehead atoms. The summed E-state index contributed by atoms with van der Waals surface area (Å²) in [5.41, 5.74) is 1.14. The van der Waals surface area contributed by atoms with Crippen LogP contribution in [0.4, 0.5) is 0 Å². The molecule has 0 saturated carbocycles. The zero-order chi connectivity index (χ0) is 8.72. The van der Waals surface area contributed by atoms with Gasteiger partial charge in [-0.25, -0.2) is 0 Å². The lowest BCUT2D eigenvalue weighted by Gasteiger charge is -2.00. The summed E-state index contributed by atoms with van der Waals surface area (Å²) in [5, 5.41) is 1.89. The van der Waals surface area contributed by atoms with E-state index in [4.69, 9.17) is 11.6 Å². The zero-order valence-electron chi connectivity index (χ0n) is 6.51. The number of aryl methyl sites for hydroxylation is 1. The van der Waals surface area contributed by atoms with Crippen molar-refractivity contribution in [2.24, 2.45) is 7.05 Å². The molecule has 0 aliphatic heterocycles. The number of rotatable bonds is 0. The Kier molecular flexibility index (Phi) is 1.89. The molecule has 0 unspecified atom stereocenters. The van der Waals surface area contributed by atoms with E-state index in [1.807, 2.05) is 36.0 Å². The first-order valence-electron chi connectivity index (χ1n) is 3.59. The Hall–Kier alpha value is -0.470. The van der Waals surface area contributed by atoms with Crippen LogP contribution < -0.4 is 0 Å². The molecule has 1 heterocycles. The van der Waals surface area contributed by atoms with Gasteiger partial charge < -0.3 is 4.57 Å². The summed E-state index contributed by atoms with van der Waals surface area (Å²) >= 11 is 9.49. The van der Waals surface area contributed by atoms with Gasteiger partial charge in [-0.3, -0.25) is 0 Å². The maximum atomic E-state index is 6.01. The van der Waals surface area contributed by atoms with Gasteiger partial charge >= 0.3 is 0 Å². The maximum Gasteiger partial charge on any atom is 0.0637 e. The third-order valence-corrected chi connectivity index (χ3v) is 2.90. The fourth-order valence-electron chi connectivity index (χ4n) is 1.33. The van der Waals surface area contributed by atoms with E-state index in [1.165, 1.54) is 0 Å². The number of halogens is 2. The van der Waals surface area contributed by atoms with Crippen LogP contribution in [0.25, 0.3) is 10.9 Å². The van der Waals surface area contributed by atoms with Gasteiger partial charge in [0.1, 0.15) is 0 Å². The number of fused-ring (bicyclic) bond motifs is 1. The first-order chi connectivity index (χ1) is 5.70. The Labute approximate surface area is 84.1 Å². The van der Waals surface area contributed by atoms with Crippen LogP contribution in [0, 0.1) is 0 Å². The summed E-state index contributed by atoms with van der Waals surface area (Å²) in [5.74, 6) is 0. The molecule has 0 atom stereocenters. The van der Waals surface area contributed by atoms with Crippen molar-refractivity contribution in [1.82, 2.24) is 4.57 Å². The molecule has 0 spiro atoms. The number of nitrogens with zero attached hydrogens (tertiary/aromatic N) is 1. The van der Waals surface area contributed by atoms with Gasteiger partial charge in [0.15, 0.2) is 0 Å². The second-order valence-electron chi connectivity index (χ2n) is 2.72. The van der Waals surface area contributed by atoms with E-state index in [-0.39, 0.29) is 0 Å². The maximum absolute atomic E-state index is 6.01. The van der Waals surface area contributed by atoms with Crippen LogP contribution in [0.2, 0.25) is 5.02 Å². The Bertz CT molecular complexity index is 433. The summed E-state index contributed by atoms with van der Waals surface area (Å²) in [6, 6.07) is 5.88. The van der Waals surface area contributed by atoms with Gasteiger partial charge in [0.25, 0.3) is 0 Å². The van der Waals surface area contributed by atoms with Crippen molar-refractivity contribution in [3.8, 4) is 0 Å². The Morgan fingerprint density at radius 3 is 2.75 bits per heavy atom. The van der Waals surface area contributed by atoms with E-state index in [2.05, 4.69) is 15.9 Å². The minimum atomic E-state index is 0.800. The Balaban J connectivity index is 2.98. The second-order valence-corrected chi connectivity index (χ2v) is 3.98. The highest BCUT2D eigenvalue weighted by Crippen LogP contribution is 2.29. The predicted molar refractivity (Wildman–Crippen MR) is 55.6 cm³/mol. The topological polar surface area (TPSA) is 4.93 Å². The first kappa shape index (κ1) is 8.14. The van der Waals surface area contributed by atoms with Crippen LogP contribution in [-0.4, -0.2) is 4.57 Å². The van der Waals surface area contributed by atoms with E-state index in [0.717, 1.165) is 20.4 Å². The van der Waals surface area contributed by atoms with E-state index in [1.54, 1.807) is 0 Å². The molecule has 1 aromatic heterocycles. The van der Waals surface area contributed by atoms with Gasteiger partial charge in [-0.05, 0) is 34.1 Å². The summed E-state index contributed by atoms with van der Waals surface area (Å²) in [6.45, 7) is 0. The van der Waals surface area contributed by atoms with Crippen molar-refractivity contribution < 1.29 is 0 Å². The van der Waals surface area contributed by atoms with Gasteiger partial charge in [0.2, 0.25) is 0 Å². The third kappa shape index (κ3) is 1.06. The molecule has 2 rings (SSSR count). The summed E-state index contributed by atoms with van der Waals surface area (Å²) in [7, 11) is 2.00. The van der Waals surface area contributed by atoms with Gasteiger partial charge in [-0.2, -0.15) is 0 Å². The fraction of sp³-hybridized carbons (Fsp3) is 0.111. The first-order valence-corrected chi connectivity index (χ1v) is 4.76. The molecule has 62 valence electrons. The lowest BCUT2D eigenvalue weighted by atomic mass is 10.2. The number of benzene rings is 1. The summed E-state index contributed by atoms with van der Waals surface area (Å²) in [4.78, 5) is 0. The van der Waals surface area contributed by atoms with Gasteiger partial charge in [0.05, 0.1) is 10.5 Å². The molecule has 0 aliphatic rings. The van der Waals surface area contributed by atoms with Crippen molar-refractivity contribution in [1.29, 1.82) is 0 Å². The van der Waals surface area contributed by atoms with Crippen molar-refractivity contribution in [2.75, 3.05) is 0 Å². The number of hydrogen-bond acceptors (Lipinski definition) is 0. The number of aromatic nitrogens is 1. The van der Waals surface area contributed by atoms with E-state index in [0.29, 0.717) is 0 Å². The Morgan fingerprint density at radius 1 is 1.33 bits per heavy atom. The van der Waals surface area contributed by atoms with Crippen LogP contribution in [0.15, 0.2) is 28.9 Å². The highest BCUT2D eigenvalue weighted by Gasteiger charge is 2.04. The van der Waals surface area contributed by atoms with Crippen LogP contribution >= 0.6 is 27.5 Å². The Morgan fingerprint density at radius 2 is 2.08 bits per heavy atom. The summed E-state index contributed by atoms with van der Waals surface area (Å²) < 4.78 is 3.13. The molecular weight excluding hydrogens is 237 g/mol. The molecule has 2 aromatic rings. The van der Waals surface area contributed by atoms with Crippen LogP contribution in [0.5, 0.6) is 0 Å². The monoisotopic (exact) mass is 243 g/mol. The van der Waals surface area contributed by atoms with Crippen molar-refractivity contribution in [3.05, 3.63) is 33.9 Å². The van der Waals surface area contributed by atoms with Crippen LogP contribution in [0.3, 0.4) is 0 Å². The van der Waals surface area contributed by atoms with Crippen LogP contribution in [0.1, 0.15) is 0 Å². The van der Waals surface area contributed by atoms with Crippen molar-refractivity contribution in [3.63, 3.8) is 0 Å². The third-order valence-electron chi connectivity index (χ3n) is 1.93. The van der Waals surface area contributed by atoms with E-state index >= 15 is 0 Å². The molecule has 1 nitrogen and oxygen atoms in total. The van der Waals surface area contributed by atoms with Gasteiger partial charge in [0, 0.05) is 23.1 Å². The van der Waals surface area contributed by atoms with Crippen LogP contribution in [-0.2, 0) is 7.05 Å². The SMILES string of the molecule is Cn1ccc2c(Cl)ccc(Br)c21. The van der Waals surface area contributed by atoms with Crippen molar-refractivity contribution >= 4 is 38.4 Å². The molecule has 3 heteroatoms. The molecule has 0 aliphatic carbocycles. The highest BCUT2D eigenvalue weighted by molar-refractivity contribution is 9.10. The lowest BCUT2D eigenvalue weighted by Crippen LogP contribution is -1.84. The van der Waals surface area contributed by atoms with Gasteiger partial charge in [-0.15, -0.1) is 0 Å². The molecule has 0 amide bonds. The molecule has 0 N–H and O–H groups in total. The molecule has 12 heavy (non-hydrogen) atoms. The number of hydrogen-bond donors (Lipinski definition) is 0.